The molecule has 1 heterocycles. The summed E-state index contributed by atoms with van der Waals surface area (Å²) in [4.78, 5) is 53.2. The molecule has 2 bridgehead atoms. The largest absolute Gasteiger partial charge is 0.507 e. The van der Waals surface area contributed by atoms with Crippen LogP contribution in [0.3, 0.4) is 0 Å². The zero-order chi connectivity index (χ0) is 32.3. The molecule has 1 fully saturated rings. The predicted molar refractivity (Wildman–Crippen MR) is 153 cm³/mol. The fraction of sp³-hybridized carbons (Fsp3) is 0.333. The van der Waals surface area contributed by atoms with Gasteiger partial charge in [0.15, 0.2) is 11.6 Å². The van der Waals surface area contributed by atoms with Gasteiger partial charge in [-0.05, 0) is 37.5 Å². The minimum atomic E-state index is -2.42. The van der Waals surface area contributed by atoms with Crippen molar-refractivity contribution in [2.45, 2.75) is 56.8 Å². The first-order valence-electron chi connectivity index (χ1n) is 14.3. The van der Waals surface area contributed by atoms with Crippen LogP contribution in [0.5, 0.6) is 17.2 Å². The number of ether oxygens (including phenoxy) is 3. The third-order valence-corrected chi connectivity index (χ3v) is 9.66. The minimum Gasteiger partial charge on any atom is -0.507 e. The van der Waals surface area contributed by atoms with Gasteiger partial charge in [0, 0.05) is 24.5 Å². The Morgan fingerprint density at radius 2 is 1.76 bits per heavy atom. The fourth-order valence-corrected chi connectivity index (χ4v) is 7.98. The van der Waals surface area contributed by atoms with Crippen molar-refractivity contribution in [1.29, 1.82) is 0 Å². The number of aromatic hydroxyl groups is 2. The molecule has 1 saturated carbocycles. The summed E-state index contributed by atoms with van der Waals surface area (Å²) in [5.74, 6) is -6.86. The van der Waals surface area contributed by atoms with Crippen LogP contribution in [-0.4, -0.2) is 67.9 Å². The van der Waals surface area contributed by atoms with Crippen LogP contribution in [0.25, 0.3) is 11.5 Å². The van der Waals surface area contributed by atoms with Crippen molar-refractivity contribution in [3.8, 4) is 17.2 Å². The van der Waals surface area contributed by atoms with Gasteiger partial charge in [-0.15, -0.1) is 0 Å². The molecule has 232 valence electrons. The van der Waals surface area contributed by atoms with Crippen LogP contribution in [-0.2, 0) is 35.1 Å². The highest BCUT2D eigenvalue weighted by atomic mass is 16.6. The van der Waals surface area contributed by atoms with Crippen LogP contribution in [0.1, 0.15) is 66.5 Å². The fourth-order valence-electron chi connectivity index (χ4n) is 7.98. The lowest BCUT2D eigenvalue weighted by molar-refractivity contribution is -0.169. The highest BCUT2D eigenvalue weighted by Crippen LogP contribution is 2.64. The van der Waals surface area contributed by atoms with E-state index in [0.717, 1.165) is 7.11 Å². The number of carbonyl (C=O) groups is 4. The van der Waals surface area contributed by atoms with Crippen LogP contribution < -0.4 is 4.74 Å². The molecular weight excluding hydrogens is 588 g/mol. The number of hydrogen-bond donors (Lipinski definition) is 5. The first-order chi connectivity index (χ1) is 21.3. The van der Waals surface area contributed by atoms with Crippen LogP contribution in [0.4, 0.5) is 0 Å². The number of Topliss-reactive ketones (excluding diaryl/α,β-unsaturated/α-hetero) is 2. The smallest absolute Gasteiger partial charge is 0.358 e. The van der Waals surface area contributed by atoms with Crippen LogP contribution in [0.2, 0.25) is 0 Å². The molecule has 8 rings (SSSR count). The molecule has 5 unspecified atom stereocenters. The van der Waals surface area contributed by atoms with E-state index in [1.165, 1.54) is 25.1 Å². The number of methoxy groups -OCH3 is 1. The summed E-state index contributed by atoms with van der Waals surface area (Å²) in [7, 11) is 1.04. The highest BCUT2D eigenvalue weighted by Gasteiger charge is 2.63. The number of allylic oxidation sites excluding steroid dienone is 1. The molecule has 0 aromatic heterocycles. The monoisotopic (exact) mass is 616 g/mol. The summed E-state index contributed by atoms with van der Waals surface area (Å²) in [5, 5.41) is 56.7. The second kappa shape index (κ2) is 9.21. The molecule has 0 saturated heterocycles. The van der Waals surface area contributed by atoms with E-state index in [1.54, 1.807) is 19.1 Å². The molecule has 5 atom stereocenters. The van der Waals surface area contributed by atoms with E-state index in [9.17, 15) is 44.7 Å². The Morgan fingerprint density at radius 3 is 2.44 bits per heavy atom. The maximum atomic E-state index is 14.4. The third kappa shape index (κ3) is 3.40. The van der Waals surface area contributed by atoms with Crippen molar-refractivity contribution in [2.75, 3.05) is 7.11 Å². The third-order valence-electron chi connectivity index (χ3n) is 9.66. The Hall–Kier alpha value is -5.10. The van der Waals surface area contributed by atoms with Gasteiger partial charge in [0.1, 0.15) is 46.5 Å². The van der Waals surface area contributed by atoms with E-state index in [4.69, 9.17) is 14.2 Å². The zero-order valence-corrected chi connectivity index (χ0v) is 24.3. The Labute approximate surface area is 255 Å². The maximum Gasteiger partial charge on any atom is 0.358 e. The number of fused-ring (bicyclic) bond motifs is 3. The minimum absolute atomic E-state index is 0.0547. The second-order valence-electron chi connectivity index (χ2n) is 12.1. The lowest BCUT2D eigenvalue weighted by Crippen LogP contribution is -2.61. The summed E-state index contributed by atoms with van der Waals surface area (Å²) < 4.78 is 16.8. The van der Waals surface area contributed by atoms with E-state index in [1.807, 2.05) is 0 Å². The number of rotatable bonds is 2. The summed E-state index contributed by atoms with van der Waals surface area (Å²) in [6.07, 6.45) is -1.62. The summed E-state index contributed by atoms with van der Waals surface area (Å²) in [5.41, 5.74) is -4.02. The molecule has 1 aliphatic heterocycles. The second-order valence-corrected chi connectivity index (χ2v) is 12.1. The van der Waals surface area contributed by atoms with Gasteiger partial charge in [0.2, 0.25) is 0 Å². The molecule has 0 amide bonds. The average molecular weight is 617 g/mol. The quantitative estimate of drug-likeness (QED) is 0.245. The van der Waals surface area contributed by atoms with Gasteiger partial charge in [-0.25, -0.2) is 4.79 Å². The first kappa shape index (κ1) is 28.7. The van der Waals surface area contributed by atoms with E-state index in [-0.39, 0.29) is 64.2 Å². The SMILES string of the molecule is COC(=O)C12Oc3cc4c(c(O)c3C(O)=C1C(=O)CCC2O)C1C(=O)C2=C(O)c3c(O)cccc3C(OC(C)=O)C2(C=C1C)C4. The Balaban J connectivity index is 1.54. The standard InChI is InChI=1S/C33H28O12/c1-12-10-32-11-14-9-18-23(29(41)24-17(36)7-8-19(37)33(24,45-18)31(42)43-3)26(38)21(14)20(12)27(39)25(32)28(40)22-15(5-4-6-16(22)35)30(32)44-13(2)34/h4-6,9-10,19-20,30,35,37-38,40-41H,7-8,11H2,1-3H3. The van der Waals surface area contributed by atoms with Crippen LogP contribution >= 0.6 is 0 Å². The molecular formula is C33H28O12. The van der Waals surface area contributed by atoms with Gasteiger partial charge in [0.05, 0.1) is 35.2 Å². The van der Waals surface area contributed by atoms with Crippen molar-refractivity contribution in [2.24, 2.45) is 5.41 Å². The zero-order valence-electron chi connectivity index (χ0n) is 24.3. The number of ketones is 2. The van der Waals surface area contributed by atoms with Gasteiger partial charge < -0.3 is 39.7 Å². The maximum absolute atomic E-state index is 14.4. The lowest BCUT2D eigenvalue weighted by Gasteiger charge is -2.45. The number of phenols is 2. The van der Waals surface area contributed by atoms with Crippen LogP contribution in [0, 0.1) is 5.41 Å². The molecule has 1 spiro atoms. The number of aliphatic hydroxyl groups excluding tert-OH is 3. The molecule has 6 aliphatic rings. The topological polar surface area (TPSA) is 197 Å². The summed E-state index contributed by atoms with van der Waals surface area (Å²) >= 11 is 0. The molecule has 2 aromatic rings. The highest BCUT2D eigenvalue weighted by molar-refractivity contribution is 6.14. The van der Waals surface area contributed by atoms with Crippen molar-refractivity contribution >= 4 is 35.0 Å². The van der Waals surface area contributed by atoms with Crippen molar-refractivity contribution in [1.82, 2.24) is 0 Å². The van der Waals surface area contributed by atoms with E-state index in [2.05, 4.69) is 0 Å². The number of aliphatic hydroxyl groups is 3. The molecule has 45 heavy (non-hydrogen) atoms. The van der Waals surface area contributed by atoms with Crippen LogP contribution in [0.15, 0.2) is 47.1 Å². The van der Waals surface area contributed by atoms with Gasteiger partial charge in [-0.2, -0.15) is 0 Å². The average Bonchev–Trinajstić information content (AvgIpc) is 3.17. The molecule has 12 heteroatoms. The molecule has 2 aromatic carbocycles. The number of esters is 2. The predicted octanol–water partition coefficient (Wildman–Crippen LogP) is 3.14. The van der Waals surface area contributed by atoms with Crippen molar-refractivity contribution < 1.29 is 58.9 Å². The summed E-state index contributed by atoms with van der Waals surface area (Å²) in [6.45, 7) is 2.84. The summed E-state index contributed by atoms with van der Waals surface area (Å²) in [6, 6.07) is 5.80. The van der Waals surface area contributed by atoms with E-state index >= 15 is 0 Å². The Morgan fingerprint density at radius 1 is 1.04 bits per heavy atom. The normalized spacial score (nSPS) is 29.3. The molecule has 5 aliphatic carbocycles. The first-order valence-corrected chi connectivity index (χ1v) is 14.3. The van der Waals surface area contributed by atoms with E-state index < -0.39 is 75.5 Å². The lowest BCUT2D eigenvalue weighted by atomic mass is 9.60. The Bertz CT molecular complexity index is 1900. The molecule has 5 N–H and O–H groups in total. The van der Waals surface area contributed by atoms with Gasteiger partial charge in [-0.3, -0.25) is 14.4 Å². The Kier molecular flexibility index (Phi) is 5.86. The molecule has 0 radical (unpaired) electrons. The van der Waals surface area contributed by atoms with Gasteiger partial charge in [-0.1, -0.05) is 23.8 Å². The number of benzene rings is 2. The van der Waals surface area contributed by atoms with Gasteiger partial charge >= 0.3 is 11.9 Å². The number of phenolic OH excluding ortho intramolecular Hbond substituents is 2. The number of hydrogen-bond acceptors (Lipinski definition) is 12. The molecule has 12 nitrogen and oxygen atoms in total. The van der Waals surface area contributed by atoms with Crippen molar-refractivity contribution in [3.05, 3.63) is 74.9 Å². The van der Waals surface area contributed by atoms with Gasteiger partial charge in [0.25, 0.3) is 5.60 Å². The number of carbonyl (C=O) groups excluding carboxylic acids is 4. The van der Waals surface area contributed by atoms with E-state index in [0.29, 0.717) is 5.57 Å². The van der Waals surface area contributed by atoms with Crippen molar-refractivity contribution in [3.63, 3.8) is 0 Å².